The number of piperazine rings is 1. The Morgan fingerprint density at radius 3 is 2.33 bits per heavy atom. The third kappa shape index (κ3) is 9.77. The largest absolute Gasteiger partial charge is 0.469 e. The van der Waals surface area contributed by atoms with Gasteiger partial charge in [0, 0.05) is 74.4 Å². The molecule has 0 unspecified atom stereocenters. The fourth-order valence-corrected chi connectivity index (χ4v) is 6.27. The van der Waals surface area contributed by atoms with E-state index in [-0.39, 0.29) is 11.9 Å². The SMILES string of the molecule is COC(=O)CCN1CCN(c2ccc(Oc3cc(CN4CCC(CNC(C)=O)CC4)cc(-c4cc(Cl)cc(Cl)c4)n3)cn2)CC1. The van der Waals surface area contributed by atoms with Crippen molar-refractivity contribution in [1.29, 1.82) is 0 Å². The molecular formula is C33H40Cl2N6O4. The molecule has 2 aromatic heterocycles. The summed E-state index contributed by atoms with van der Waals surface area (Å²) < 4.78 is 11.0. The van der Waals surface area contributed by atoms with Gasteiger partial charge in [0.2, 0.25) is 11.8 Å². The number of pyridine rings is 2. The van der Waals surface area contributed by atoms with Crippen LogP contribution in [0.1, 0.15) is 31.7 Å². The van der Waals surface area contributed by atoms with E-state index in [2.05, 4.69) is 31.1 Å². The van der Waals surface area contributed by atoms with E-state index < -0.39 is 0 Å². The summed E-state index contributed by atoms with van der Waals surface area (Å²) in [5.74, 6) is 2.27. The van der Waals surface area contributed by atoms with E-state index in [1.165, 1.54) is 7.11 Å². The smallest absolute Gasteiger partial charge is 0.306 e. The molecule has 0 bridgehead atoms. The minimum absolute atomic E-state index is 0.0205. The molecule has 2 fully saturated rings. The lowest BCUT2D eigenvalue weighted by atomic mass is 9.96. The van der Waals surface area contributed by atoms with Crippen LogP contribution in [0, 0.1) is 5.92 Å². The van der Waals surface area contributed by atoms with Crippen molar-refractivity contribution in [3.05, 3.63) is 64.3 Å². The van der Waals surface area contributed by atoms with Gasteiger partial charge >= 0.3 is 5.97 Å². The second kappa shape index (κ2) is 15.7. The Bertz CT molecular complexity index is 1440. The van der Waals surface area contributed by atoms with E-state index in [9.17, 15) is 9.59 Å². The van der Waals surface area contributed by atoms with Crippen molar-refractivity contribution in [2.75, 3.05) is 64.4 Å². The standard InChI is InChI=1S/C33H40Cl2N6O4/c1-23(42)36-20-24-5-8-40(9-6-24)22-25-15-30(26-17-27(34)19-28(35)18-26)38-32(16-25)45-29-3-4-31(37-21-29)41-13-11-39(12-14-41)10-7-33(43)44-2/h3-4,15-19,21,24H,5-14,20,22H2,1-2H3,(H,36,42). The van der Waals surface area contributed by atoms with Crippen LogP contribution in [0.3, 0.4) is 0 Å². The Balaban J connectivity index is 1.25. The van der Waals surface area contributed by atoms with Gasteiger partial charge in [-0.25, -0.2) is 9.97 Å². The summed E-state index contributed by atoms with van der Waals surface area (Å²) in [5.41, 5.74) is 2.61. The molecule has 0 radical (unpaired) electrons. The van der Waals surface area contributed by atoms with Crippen LogP contribution in [0.15, 0.2) is 48.7 Å². The van der Waals surface area contributed by atoms with Crippen LogP contribution in [0.5, 0.6) is 11.6 Å². The molecule has 2 saturated heterocycles. The number of aromatic nitrogens is 2. The summed E-state index contributed by atoms with van der Waals surface area (Å²) in [5, 5.41) is 4.03. The van der Waals surface area contributed by atoms with Crippen LogP contribution >= 0.6 is 23.2 Å². The molecule has 2 aliphatic heterocycles. The van der Waals surface area contributed by atoms with E-state index in [0.29, 0.717) is 40.6 Å². The van der Waals surface area contributed by atoms with E-state index in [0.717, 1.165) is 87.8 Å². The number of likely N-dealkylation sites (tertiary alicyclic amines) is 1. The molecule has 4 heterocycles. The lowest BCUT2D eigenvalue weighted by Crippen LogP contribution is -2.47. The van der Waals surface area contributed by atoms with Crippen molar-refractivity contribution in [2.45, 2.75) is 32.7 Å². The number of hydrogen-bond acceptors (Lipinski definition) is 9. The topological polar surface area (TPSA) is 100 Å². The predicted octanol–water partition coefficient (Wildman–Crippen LogP) is 5.28. The van der Waals surface area contributed by atoms with Crippen molar-refractivity contribution in [3.63, 3.8) is 0 Å². The molecule has 3 aromatic rings. The van der Waals surface area contributed by atoms with Crippen molar-refractivity contribution in [1.82, 2.24) is 25.1 Å². The molecule has 1 amide bonds. The van der Waals surface area contributed by atoms with Crippen molar-refractivity contribution in [2.24, 2.45) is 5.92 Å². The number of carbonyl (C=O) groups excluding carboxylic acids is 2. The lowest BCUT2D eigenvalue weighted by Gasteiger charge is -2.35. The summed E-state index contributed by atoms with van der Waals surface area (Å²) in [6, 6.07) is 13.3. The maximum Gasteiger partial charge on any atom is 0.306 e. The molecule has 12 heteroatoms. The summed E-state index contributed by atoms with van der Waals surface area (Å²) in [7, 11) is 1.42. The fraction of sp³-hybridized carbons (Fsp3) is 0.455. The highest BCUT2D eigenvalue weighted by Gasteiger charge is 2.21. The monoisotopic (exact) mass is 654 g/mol. The third-order valence-electron chi connectivity index (χ3n) is 8.27. The summed E-state index contributed by atoms with van der Waals surface area (Å²) in [6.45, 7) is 9.01. The Morgan fingerprint density at radius 1 is 0.956 bits per heavy atom. The first kappa shape index (κ1) is 32.9. The number of esters is 1. The van der Waals surface area contributed by atoms with Crippen molar-refractivity contribution >= 4 is 40.9 Å². The molecule has 240 valence electrons. The Hall–Kier alpha value is -3.44. The van der Waals surface area contributed by atoms with E-state index in [1.807, 2.05) is 30.3 Å². The number of anilines is 1. The van der Waals surface area contributed by atoms with Crippen molar-refractivity contribution < 1.29 is 19.1 Å². The third-order valence-corrected chi connectivity index (χ3v) is 8.71. The predicted molar refractivity (Wildman–Crippen MR) is 176 cm³/mol. The van der Waals surface area contributed by atoms with Gasteiger partial charge in [0.25, 0.3) is 0 Å². The Kier molecular flexibility index (Phi) is 11.5. The van der Waals surface area contributed by atoms with E-state index in [4.69, 9.17) is 37.7 Å². The number of benzene rings is 1. The highest BCUT2D eigenvalue weighted by Crippen LogP contribution is 2.31. The lowest BCUT2D eigenvalue weighted by molar-refractivity contribution is -0.141. The number of rotatable bonds is 11. The first-order valence-corrected chi connectivity index (χ1v) is 16.1. The quantitative estimate of drug-likeness (QED) is 0.277. The number of piperidine rings is 1. The molecule has 5 rings (SSSR count). The fourth-order valence-electron chi connectivity index (χ4n) is 5.74. The maximum atomic E-state index is 11.5. The van der Waals surface area contributed by atoms with Gasteiger partial charge in [0.05, 0.1) is 25.4 Å². The molecule has 0 spiro atoms. The van der Waals surface area contributed by atoms with Crippen LogP contribution in [0.4, 0.5) is 5.82 Å². The zero-order valence-electron chi connectivity index (χ0n) is 25.8. The number of nitrogens with one attached hydrogen (secondary N) is 1. The number of ether oxygens (including phenoxy) is 2. The number of halogens is 2. The maximum absolute atomic E-state index is 11.5. The molecule has 10 nitrogen and oxygen atoms in total. The number of carbonyl (C=O) groups is 2. The minimum Gasteiger partial charge on any atom is -0.469 e. The van der Waals surface area contributed by atoms with Gasteiger partial charge in [-0.3, -0.25) is 19.4 Å². The number of nitrogens with zero attached hydrogens (tertiary/aromatic N) is 5. The molecule has 1 N–H and O–H groups in total. The average molecular weight is 656 g/mol. The molecule has 0 aliphatic carbocycles. The van der Waals surface area contributed by atoms with Crippen LogP contribution in [0.25, 0.3) is 11.3 Å². The second-order valence-corrected chi connectivity index (χ2v) is 12.5. The number of amides is 1. The molecule has 0 atom stereocenters. The zero-order chi connectivity index (χ0) is 31.8. The van der Waals surface area contributed by atoms with Gasteiger partial charge in [0.15, 0.2) is 0 Å². The summed E-state index contributed by atoms with van der Waals surface area (Å²) >= 11 is 12.7. The Labute approximate surface area is 274 Å². The van der Waals surface area contributed by atoms with Crippen LogP contribution < -0.4 is 15.0 Å². The van der Waals surface area contributed by atoms with E-state index in [1.54, 1.807) is 19.2 Å². The number of methoxy groups -OCH3 is 1. The highest BCUT2D eigenvalue weighted by atomic mass is 35.5. The molecule has 1 aromatic carbocycles. The highest BCUT2D eigenvalue weighted by molar-refractivity contribution is 6.35. The van der Waals surface area contributed by atoms with Gasteiger partial charge in [-0.2, -0.15) is 0 Å². The van der Waals surface area contributed by atoms with Gasteiger partial charge in [-0.1, -0.05) is 23.2 Å². The van der Waals surface area contributed by atoms with Gasteiger partial charge in [0.1, 0.15) is 11.6 Å². The minimum atomic E-state index is -0.182. The molecular weight excluding hydrogens is 615 g/mol. The van der Waals surface area contributed by atoms with Gasteiger partial charge in [-0.15, -0.1) is 0 Å². The van der Waals surface area contributed by atoms with Gasteiger partial charge < -0.3 is 19.7 Å². The van der Waals surface area contributed by atoms with E-state index >= 15 is 0 Å². The molecule has 45 heavy (non-hydrogen) atoms. The summed E-state index contributed by atoms with van der Waals surface area (Å²) in [6.07, 6.45) is 4.20. The zero-order valence-corrected chi connectivity index (χ0v) is 27.3. The second-order valence-electron chi connectivity index (χ2n) is 11.6. The molecule has 0 saturated carbocycles. The van der Waals surface area contributed by atoms with Gasteiger partial charge in [-0.05, 0) is 73.8 Å². The number of hydrogen-bond donors (Lipinski definition) is 1. The van der Waals surface area contributed by atoms with Crippen LogP contribution in [-0.4, -0.2) is 91.1 Å². The summed E-state index contributed by atoms with van der Waals surface area (Å²) in [4.78, 5) is 39.2. The van der Waals surface area contributed by atoms with Crippen LogP contribution in [0.2, 0.25) is 10.0 Å². The Morgan fingerprint density at radius 2 is 1.69 bits per heavy atom. The van der Waals surface area contributed by atoms with Crippen molar-refractivity contribution in [3.8, 4) is 22.9 Å². The van der Waals surface area contributed by atoms with Crippen LogP contribution in [-0.2, 0) is 20.9 Å². The normalized spacial score (nSPS) is 16.4. The molecule has 2 aliphatic rings. The average Bonchev–Trinajstić information content (AvgIpc) is 3.03. The first-order valence-electron chi connectivity index (χ1n) is 15.4. The first-order chi connectivity index (χ1) is 21.7.